The number of aromatic hydroxyl groups is 2. The lowest BCUT2D eigenvalue weighted by Gasteiger charge is -2.27. The van der Waals surface area contributed by atoms with Crippen molar-refractivity contribution < 1.29 is 19.0 Å². The first-order valence-electron chi connectivity index (χ1n) is 9.94. The Kier molecular flexibility index (Phi) is 6.24. The van der Waals surface area contributed by atoms with Gasteiger partial charge in [-0.05, 0) is 40.5 Å². The van der Waals surface area contributed by atoms with E-state index in [1.807, 2.05) is 0 Å². The summed E-state index contributed by atoms with van der Waals surface area (Å²) in [5, 5.41) is 20.3. The van der Waals surface area contributed by atoms with E-state index in [1.165, 1.54) is 12.1 Å². The lowest BCUT2D eigenvalue weighted by Crippen LogP contribution is -2.30. The molecule has 0 bridgehead atoms. The zero-order valence-corrected chi connectivity index (χ0v) is 17.6. The normalized spacial score (nSPS) is 20.4. The van der Waals surface area contributed by atoms with Gasteiger partial charge in [0.2, 0.25) is 0 Å². The average molecular weight is 414 g/mol. The fourth-order valence-electron chi connectivity index (χ4n) is 3.88. The molecular formula is C22H26N2O6. The number of aryl methyl sites for hydroxylation is 2. The summed E-state index contributed by atoms with van der Waals surface area (Å²) in [7, 11) is 0. The minimum atomic E-state index is -0.636. The molecule has 8 nitrogen and oxygen atoms in total. The van der Waals surface area contributed by atoms with Gasteiger partial charge in [0, 0.05) is 12.1 Å². The van der Waals surface area contributed by atoms with Crippen molar-refractivity contribution in [2.24, 2.45) is 9.98 Å². The molecule has 2 heterocycles. The highest BCUT2D eigenvalue weighted by atomic mass is 16.4. The quantitative estimate of drug-likeness (QED) is 0.740. The maximum Gasteiger partial charge on any atom is 0.348 e. The second-order valence-electron chi connectivity index (χ2n) is 7.66. The standard InChI is InChI=1S/C22H26N2O6/c1-11-9-17(25)19(21(27)29-11)13(3)23-15-7-5-6-8-16(15)24-14(4)20-18(26)10-12(2)30-22(20)28/h9-10,15-16,25-26H,5-8H2,1-4H3/t15-,16-/m0/s1. The lowest BCUT2D eigenvalue weighted by molar-refractivity contribution is 0.387. The van der Waals surface area contributed by atoms with Gasteiger partial charge in [0.05, 0.1) is 23.5 Å². The molecule has 1 saturated carbocycles. The Bertz CT molecular complexity index is 1040. The topological polar surface area (TPSA) is 126 Å². The molecule has 0 unspecified atom stereocenters. The molecule has 160 valence electrons. The van der Waals surface area contributed by atoms with Crippen molar-refractivity contribution in [1.29, 1.82) is 0 Å². The van der Waals surface area contributed by atoms with Gasteiger partial charge >= 0.3 is 11.3 Å². The predicted molar refractivity (Wildman–Crippen MR) is 113 cm³/mol. The minimum absolute atomic E-state index is 0.0439. The van der Waals surface area contributed by atoms with E-state index in [9.17, 15) is 19.8 Å². The zero-order valence-electron chi connectivity index (χ0n) is 17.6. The number of hydrogen-bond donors (Lipinski definition) is 2. The summed E-state index contributed by atoms with van der Waals surface area (Å²) in [5.41, 5.74) is -0.428. The van der Waals surface area contributed by atoms with E-state index in [2.05, 4.69) is 9.98 Å². The van der Waals surface area contributed by atoms with Crippen molar-refractivity contribution in [3.8, 4) is 11.5 Å². The van der Waals surface area contributed by atoms with Crippen molar-refractivity contribution in [2.45, 2.75) is 65.5 Å². The van der Waals surface area contributed by atoms with Crippen molar-refractivity contribution in [3.05, 3.63) is 55.6 Å². The summed E-state index contributed by atoms with van der Waals surface area (Å²) < 4.78 is 10.2. The molecule has 1 aliphatic rings. The predicted octanol–water partition coefficient (Wildman–Crippen LogP) is 3.25. The van der Waals surface area contributed by atoms with Gasteiger partial charge in [0.25, 0.3) is 0 Å². The summed E-state index contributed by atoms with van der Waals surface area (Å²) in [5.74, 6) is 0.307. The maximum absolute atomic E-state index is 12.2. The first-order valence-corrected chi connectivity index (χ1v) is 9.94. The molecule has 8 heteroatoms. The SMILES string of the molecule is CC(=N[C@H]1CCCC[C@@H]1N=C(C)c1c(O)cc(C)oc1=O)c1c(O)cc(C)oc1=O. The Labute approximate surface area is 173 Å². The van der Waals surface area contributed by atoms with Crippen molar-refractivity contribution >= 4 is 11.4 Å². The summed E-state index contributed by atoms with van der Waals surface area (Å²) in [4.78, 5) is 33.7. The largest absolute Gasteiger partial charge is 0.507 e. The van der Waals surface area contributed by atoms with Crippen LogP contribution in [0.5, 0.6) is 11.5 Å². The van der Waals surface area contributed by atoms with Gasteiger partial charge in [0.15, 0.2) is 0 Å². The van der Waals surface area contributed by atoms with Gasteiger partial charge in [0.1, 0.15) is 34.1 Å². The Morgan fingerprint density at radius 1 is 0.833 bits per heavy atom. The molecule has 1 fully saturated rings. The molecule has 30 heavy (non-hydrogen) atoms. The van der Waals surface area contributed by atoms with Crippen LogP contribution in [0.4, 0.5) is 0 Å². The Hall–Kier alpha value is -3.16. The fourth-order valence-corrected chi connectivity index (χ4v) is 3.88. The fraction of sp³-hybridized carbons (Fsp3) is 0.455. The molecule has 2 atom stereocenters. The van der Waals surface area contributed by atoms with Crippen LogP contribution in [0.2, 0.25) is 0 Å². The Morgan fingerprint density at radius 3 is 1.53 bits per heavy atom. The maximum atomic E-state index is 12.2. The van der Waals surface area contributed by atoms with Crippen LogP contribution in [-0.2, 0) is 0 Å². The summed E-state index contributed by atoms with van der Waals surface area (Å²) >= 11 is 0. The average Bonchev–Trinajstić information content (AvgIpc) is 2.61. The van der Waals surface area contributed by atoms with Gasteiger partial charge in [-0.3, -0.25) is 9.98 Å². The Morgan fingerprint density at radius 2 is 1.20 bits per heavy atom. The third-order valence-corrected chi connectivity index (χ3v) is 5.24. The lowest BCUT2D eigenvalue weighted by atomic mass is 9.90. The molecule has 3 rings (SSSR count). The van der Waals surface area contributed by atoms with Crippen LogP contribution in [0.15, 0.2) is 40.5 Å². The molecule has 0 radical (unpaired) electrons. The first kappa shape index (κ1) is 21.5. The molecule has 1 aliphatic carbocycles. The summed E-state index contributed by atoms with van der Waals surface area (Å²) in [6.45, 7) is 6.49. The second-order valence-corrected chi connectivity index (χ2v) is 7.66. The highest BCUT2D eigenvalue weighted by molar-refractivity contribution is 6.01. The van der Waals surface area contributed by atoms with Gasteiger partial charge in [-0.25, -0.2) is 9.59 Å². The van der Waals surface area contributed by atoms with Crippen molar-refractivity contribution in [3.63, 3.8) is 0 Å². The van der Waals surface area contributed by atoms with Crippen LogP contribution in [-0.4, -0.2) is 33.7 Å². The molecule has 2 aromatic heterocycles. The number of hydrogen-bond acceptors (Lipinski definition) is 8. The zero-order chi connectivity index (χ0) is 22.0. The van der Waals surface area contributed by atoms with Gasteiger partial charge < -0.3 is 19.0 Å². The van der Waals surface area contributed by atoms with Crippen LogP contribution in [0.3, 0.4) is 0 Å². The molecule has 0 aromatic carbocycles. The first-order chi connectivity index (χ1) is 14.2. The monoisotopic (exact) mass is 414 g/mol. The smallest absolute Gasteiger partial charge is 0.348 e. The molecular weight excluding hydrogens is 388 g/mol. The second kappa shape index (κ2) is 8.69. The van der Waals surface area contributed by atoms with Gasteiger partial charge in [-0.2, -0.15) is 0 Å². The summed E-state index contributed by atoms with van der Waals surface area (Å²) in [6, 6.07) is 2.31. The van der Waals surface area contributed by atoms with Gasteiger partial charge in [-0.1, -0.05) is 12.8 Å². The highest BCUT2D eigenvalue weighted by Gasteiger charge is 2.26. The summed E-state index contributed by atoms with van der Waals surface area (Å²) in [6.07, 6.45) is 3.42. The number of aliphatic imine (C=N–C) groups is 2. The van der Waals surface area contributed by atoms with E-state index in [1.54, 1.807) is 27.7 Å². The van der Waals surface area contributed by atoms with Crippen molar-refractivity contribution in [2.75, 3.05) is 0 Å². The van der Waals surface area contributed by atoms with Crippen LogP contribution >= 0.6 is 0 Å². The van der Waals surface area contributed by atoms with E-state index in [-0.39, 0.29) is 34.7 Å². The van der Waals surface area contributed by atoms with Gasteiger partial charge in [-0.15, -0.1) is 0 Å². The molecule has 0 saturated heterocycles. The highest BCUT2D eigenvalue weighted by Crippen LogP contribution is 2.27. The molecule has 0 amide bonds. The van der Waals surface area contributed by atoms with Crippen LogP contribution in [0, 0.1) is 13.8 Å². The van der Waals surface area contributed by atoms with Crippen LogP contribution in [0.25, 0.3) is 0 Å². The molecule has 0 aliphatic heterocycles. The van der Waals surface area contributed by atoms with E-state index < -0.39 is 11.3 Å². The molecule has 0 spiro atoms. The van der Waals surface area contributed by atoms with E-state index >= 15 is 0 Å². The van der Waals surface area contributed by atoms with E-state index in [0.717, 1.165) is 25.7 Å². The molecule has 2 aromatic rings. The van der Waals surface area contributed by atoms with E-state index in [4.69, 9.17) is 8.83 Å². The van der Waals surface area contributed by atoms with E-state index in [0.29, 0.717) is 22.9 Å². The van der Waals surface area contributed by atoms with Crippen LogP contribution < -0.4 is 11.3 Å². The molecule has 2 N–H and O–H groups in total. The van der Waals surface area contributed by atoms with Crippen LogP contribution in [0.1, 0.15) is 62.2 Å². The number of rotatable bonds is 4. The Balaban J connectivity index is 1.96. The third kappa shape index (κ3) is 4.53. The third-order valence-electron chi connectivity index (χ3n) is 5.24. The number of nitrogens with zero attached hydrogens (tertiary/aromatic N) is 2. The van der Waals surface area contributed by atoms with Crippen molar-refractivity contribution in [1.82, 2.24) is 0 Å². The minimum Gasteiger partial charge on any atom is -0.507 e.